The van der Waals surface area contributed by atoms with Crippen molar-refractivity contribution in [2.24, 2.45) is 0 Å². The Kier molecular flexibility index (Phi) is 6.14. The lowest BCUT2D eigenvalue weighted by molar-refractivity contribution is 0.0693. The van der Waals surface area contributed by atoms with Gasteiger partial charge >= 0.3 is 5.97 Å². The van der Waals surface area contributed by atoms with E-state index in [-0.39, 0.29) is 5.82 Å². The standard InChI is InChI=1S/C15H12BrFO2S2/c16-10-1-6-13(15(18)19)14(9-10)21-8-7-20-12-4-2-11(17)3-5-12/h1-6,9H,7-8H2,(H,18,19). The summed E-state index contributed by atoms with van der Waals surface area (Å²) in [6.07, 6.45) is 0. The van der Waals surface area contributed by atoms with Crippen molar-refractivity contribution in [1.82, 2.24) is 0 Å². The van der Waals surface area contributed by atoms with Crippen LogP contribution in [0.3, 0.4) is 0 Å². The van der Waals surface area contributed by atoms with E-state index in [4.69, 9.17) is 5.11 Å². The van der Waals surface area contributed by atoms with Crippen molar-refractivity contribution in [2.75, 3.05) is 11.5 Å². The lowest BCUT2D eigenvalue weighted by atomic mass is 10.2. The van der Waals surface area contributed by atoms with Crippen LogP contribution in [0.1, 0.15) is 10.4 Å². The SMILES string of the molecule is O=C(O)c1ccc(Br)cc1SCCSc1ccc(F)cc1. The van der Waals surface area contributed by atoms with Crippen molar-refractivity contribution in [3.63, 3.8) is 0 Å². The molecule has 0 heterocycles. The molecule has 0 spiro atoms. The molecular weight excluding hydrogens is 375 g/mol. The zero-order valence-corrected chi connectivity index (χ0v) is 14.1. The lowest BCUT2D eigenvalue weighted by Gasteiger charge is -2.06. The molecule has 1 N–H and O–H groups in total. The number of hydrogen-bond acceptors (Lipinski definition) is 3. The fourth-order valence-corrected chi connectivity index (χ4v) is 4.12. The molecule has 0 aliphatic rings. The molecule has 0 saturated heterocycles. The summed E-state index contributed by atoms with van der Waals surface area (Å²) < 4.78 is 13.6. The van der Waals surface area contributed by atoms with E-state index >= 15 is 0 Å². The Labute approximate surface area is 139 Å². The van der Waals surface area contributed by atoms with Crippen LogP contribution in [0.5, 0.6) is 0 Å². The molecule has 21 heavy (non-hydrogen) atoms. The molecule has 2 aromatic rings. The predicted molar refractivity (Wildman–Crippen MR) is 88.9 cm³/mol. The van der Waals surface area contributed by atoms with Gasteiger partial charge in [0.2, 0.25) is 0 Å². The van der Waals surface area contributed by atoms with Crippen molar-refractivity contribution >= 4 is 45.4 Å². The lowest BCUT2D eigenvalue weighted by Crippen LogP contribution is -1.99. The highest BCUT2D eigenvalue weighted by molar-refractivity contribution is 9.10. The van der Waals surface area contributed by atoms with Crippen LogP contribution in [0, 0.1) is 5.82 Å². The first-order chi connectivity index (χ1) is 10.1. The van der Waals surface area contributed by atoms with E-state index in [0.717, 1.165) is 25.8 Å². The number of carboxylic acid groups (broad SMARTS) is 1. The van der Waals surface area contributed by atoms with Crippen LogP contribution >= 0.6 is 39.5 Å². The van der Waals surface area contributed by atoms with Gasteiger partial charge in [0.05, 0.1) is 5.56 Å². The van der Waals surface area contributed by atoms with Gasteiger partial charge in [-0.2, -0.15) is 0 Å². The fourth-order valence-electron chi connectivity index (χ4n) is 1.63. The molecular formula is C15H12BrFO2S2. The van der Waals surface area contributed by atoms with Crippen LogP contribution in [-0.4, -0.2) is 22.6 Å². The van der Waals surface area contributed by atoms with E-state index in [1.54, 1.807) is 36.0 Å². The molecule has 0 amide bonds. The summed E-state index contributed by atoms with van der Waals surface area (Å²) in [7, 11) is 0. The first-order valence-electron chi connectivity index (χ1n) is 6.10. The second kappa shape index (κ2) is 7.87. The maximum atomic E-state index is 12.8. The van der Waals surface area contributed by atoms with Gasteiger partial charge in [0, 0.05) is 25.8 Å². The van der Waals surface area contributed by atoms with Crippen molar-refractivity contribution in [2.45, 2.75) is 9.79 Å². The Hall–Kier alpha value is -0.980. The summed E-state index contributed by atoms with van der Waals surface area (Å²) >= 11 is 6.48. The molecule has 2 aromatic carbocycles. The molecule has 0 aromatic heterocycles. The van der Waals surface area contributed by atoms with E-state index in [1.807, 2.05) is 6.07 Å². The third-order valence-corrected chi connectivity index (χ3v) is 5.42. The third-order valence-electron chi connectivity index (χ3n) is 2.60. The second-order valence-electron chi connectivity index (χ2n) is 4.10. The number of carboxylic acids is 1. The van der Waals surface area contributed by atoms with Crippen LogP contribution in [0.4, 0.5) is 4.39 Å². The molecule has 110 valence electrons. The summed E-state index contributed by atoms with van der Waals surface area (Å²) in [5, 5.41) is 9.15. The van der Waals surface area contributed by atoms with Crippen molar-refractivity contribution in [3.8, 4) is 0 Å². The topological polar surface area (TPSA) is 37.3 Å². The van der Waals surface area contributed by atoms with Crippen molar-refractivity contribution in [1.29, 1.82) is 0 Å². The van der Waals surface area contributed by atoms with Gasteiger partial charge in [0.15, 0.2) is 0 Å². The predicted octanol–water partition coefficient (Wildman–Crippen LogP) is 5.17. The maximum absolute atomic E-state index is 12.8. The highest BCUT2D eigenvalue weighted by atomic mass is 79.9. The van der Waals surface area contributed by atoms with Crippen molar-refractivity contribution < 1.29 is 14.3 Å². The summed E-state index contributed by atoms with van der Waals surface area (Å²) in [6, 6.07) is 11.5. The van der Waals surface area contributed by atoms with E-state index in [2.05, 4.69) is 15.9 Å². The molecule has 0 aliphatic heterocycles. The highest BCUT2D eigenvalue weighted by Gasteiger charge is 2.10. The monoisotopic (exact) mass is 386 g/mol. The van der Waals surface area contributed by atoms with Crippen LogP contribution in [0.25, 0.3) is 0 Å². The average molecular weight is 387 g/mol. The zero-order chi connectivity index (χ0) is 15.2. The van der Waals surface area contributed by atoms with Crippen molar-refractivity contribution in [3.05, 3.63) is 58.3 Å². The smallest absolute Gasteiger partial charge is 0.336 e. The molecule has 0 aliphatic carbocycles. The highest BCUT2D eigenvalue weighted by Crippen LogP contribution is 2.28. The van der Waals surface area contributed by atoms with Crippen LogP contribution in [-0.2, 0) is 0 Å². The number of aromatic carboxylic acids is 1. The number of rotatable bonds is 6. The number of hydrogen-bond donors (Lipinski definition) is 1. The molecule has 2 rings (SSSR count). The number of thioether (sulfide) groups is 2. The van der Waals surface area contributed by atoms with E-state index in [1.165, 1.54) is 23.9 Å². The van der Waals surface area contributed by atoms with E-state index in [0.29, 0.717) is 5.56 Å². The minimum atomic E-state index is -0.920. The molecule has 0 atom stereocenters. The van der Waals surface area contributed by atoms with E-state index in [9.17, 15) is 9.18 Å². The molecule has 6 heteroatoms. The molecule has 0 radical (unpaired) electrons. The van der Waals surface area contributed by atoms with Gasteiger partial charge in [-0.25, -0.2) is 9.18 Å². The molecule has 0 unspecified atom stereocenters. The summed E-state index contributed by atoms with van der Waals surface area (Å²) in [4.78, 5) is 12.9. The first-order valence-corrected chi connectivity index (χ1v) is 8.86. The third kappa shape index (κ3) is 5.05. The van der Waals surface area contributed by atoms with Gasteiger partial charge in [-0.05, 0) is 42.5 Å². The number of halogens is 2. The molecule has 0 fully saturated rings. The first kappa shape index (κ1) is 16.4. The zero-order valence-electron chi connectivity index (χ0n) is 10.9. The quantitative estimate of drug-likeness (QED) is 0.548. The van der Waals surface area contributed by atoms with Gasteiger partial charge in [-0.3, -0.25) is 0 Å². The minimum absolute atomic E-state index is 0.242. The molecule has 2 nitrogen and oxygen atoms in total. The molecule has 0 bridgehead atoms. The van der Waals surface area contributed by atoms with Gasteiger partial charge in [-0.15, -0.1) is 23.5 Å². The largest absolute Gasteiger partial charge is 0.478 e. The second-order valence-corrected chi connectivity index (χ2v) is 7.32. The molecule has 0 saturated carbocycles. The Bertz CT molecular complexity index is 632. The van der Waals surface area contributed by atoms with Gasteiger partial charge < -0.3 is 5.11 Å². The fraction of sp³-hybridized carbons (Fsp3) is 0.133. The summed E-state index contributed by atoms with van der Waals surface area (Å²) in [5.74, 6) is 0.436. The Morgan fingerprint density at radius 2 is 1.76 bits per heavy atom. The number of benzene rings is 2. The van der Waals surface area contributed by atoms with Gasteiger partial charge in [-0.1, -0.05) is 15.9 Å². The van der Waals surface area contributed by atoms with Crippen LogP contribution in [0.2, 0.25) is 0 Å². The number of carbonyl (C=O) groups is 1. The normalized spacial score (nSPS) is 10.6. The van der Waals surface area contributed by atoms with Gasteiger partial charge in [0.25, 0.3) is 0 Å². The van der Waals surface area contributed by atoms with Crippen LogP contribution in [0.15, 0.2) is 56.7 Å². The minimum Gasteiger partial charge on any atom is -0.478 e. The maximum Gasteiger partial charge on any atom is 0.336 e. The Balaban J connectivity index is 1.90. The summed E-state index contributed by atoms with van der Waals surface area (Å²) in [5.41, 5.74) is 0.315. The Morgan fingerprint density at radius 1 is 1.10 bits per heavy atom. The Morgan fingerprint density at radius 3 is 2.43 bits per heavy atom. The summed E-state index contributed by atoms with van der Waals surface area (Å²) in [6.45, 7) is 0. The average Bonchev–Trinajstić information content (AvgIpc) is 2.45. The van der Waals surface area contributed by atoms with E-state index < -0.39 is 5.97 Å². The van der Waals surface area contributed by atoms with Gasteiger partial charge in [0.1, 0.15) is 5.82 Å². The van der Waals surface area contributed by atoms with Crippen LogP contribution < -0.4 is 0 Å².